The van der Waals surface area contributed by atoms with Crippen LogP contribution >= 0.6 is 15.9 Å². The largest absolute Gasteiger partial charge is 0.287 e. The Morgan fingerprint density at radius 1 is 1.31 bits per heavy atom. The molecule has 0 unspecified atom stereocenters. The van der Waals surface area contributed by atoms with Crippen LogP contribution in [0.2, 0.25) is 0 Å². The van der Waals surface area contributed by atoms with Crippen LogP contribution in [-0.2, 0) is 0 Å². The van der Waals surface area contributed by atoms with Gasteiger partial charge in [-0.15, -0.1) is 0 Å². The predicted octanol–water partition coefficient (Wildman–Crippen LogP) is 2.61. The third-order valence-corrected chi connectivity index (χ3v) is 2.63. The predicted molar refractivity (Wildman–Crippen MR) is 59.6 cm³/mol. The van der Waals surface area contributed by atoms with E-state index in [1.54, 1.807) is 12.1 Å². The lowest BCUT2D eigenvalue weighted by atomic mass is 10.1. The first-order valence-corrected chi connectivity index (χ1v) is 5.24. The molecule has 5 heteroatoms. The highest BCUT2D eigenvalue weighted by molar-refractivity contribution is 9.10. The molecule has 0 saturated carbocycles. The maximum atomic E-state index is 13.3. The molecule has 0 fully saturated rings. The second kappa shape index (κ2) is 4.49. The summed E-state index contributed by atoms with van der Waals surface area (Å²) in [5.41, 5.74) is 0.155. The Balaban J connectivity index is 2.48. The summed E-state index contributed by atoms with van der Waals surface area (Å²) >= 11 is 3.20. The van der Waals surface area contributed by atoms with E-state index in [1.807, 2.05) is 0 Å². The first kappa shape index (κ1) is 10.9. The summed E-state index contributed by atoms with van der Waals surface area (Å²) in [7, 11) is 0. The third kappa shape index (κ3) is 1.99. The molecule has 0 amide bonds. The summed E-state index contributed by atoms with van der Waals surface area (Å²) in [5.74, 6) is -1.11. The van der Waals surface area contributed by atoms with Gasteiger partial charge in [0.2, 0.25) is 5.78 Å². The van der Waals surface area contributed by atoms with Gasteiger partial charge in [-0.2, -0.15) is 0 Å². The van der Waals surface area contributed by atoms with Crippen molar-refractivity contribution in [3.05, 3.63) is 58.3 Å². The Kier molecular flexibility index (Phi) is 3.05. The van der Waals surface area contributed by atoms with Gasteiger partial charge in [0.25, 0.3) is 0 Å². The number of hydrogen-bond acceptors (Lipinski definition) is 3. The maximum absolute atomic E-state index is 13.3. The van der Waals surface area contributed by atoms with Gasteiger partial charge in [-0.3, -0.25) is 14.8 Å². The average Bonchev–Trinajstić information content (AvgIpc) is 2.29. The van der Waals surface area contributed by atoms with Crippen molar-refractivity contribution in [2.45, 2.75) is 0 Å². The van der Waals surface area contributed by atoms with Gasteiger partial charge in [0, 0.05) is 16.9 Å². The second-order valence-corrected chi connectivity index (χ2v) is 3.87. The van der Waals surface area contributed by atoms with Crippen LogP contribution in [0, 0.1) is 5.82 Å². The number of rotatable bonds is 2. The van der Waals surface area contributed by atoms with E-state index in [4.69, 9.17) is 0 Å². The number of carbonyl (C=O) groups is 1. The van der Waals surface area contributed by atoms with Gasteiger partial charge in [0.05, 0.1) is 11.8 Å². The van der Waals surface area contributed by atoms with Gasteiger partial charge in [-0.05, 0) is 34.1 Å². The number of aromatic nitrogens is 2. The number of hydrogen-bond donors (Lipinski definition) is 0. The molecule has 2 heterocycles. The minimum Gasteiger partial charge on any atom is -0.287 e. The van der Waals surface area contributed by atoms with E-state index in [9.17, 15) is 9.18 Å². The van der Waals surface area contributed by atoms with Crippen LogP contribution in [0.15, 0.2) is 41.3 Å². The number of carbonyl (C=O) groups excluding carboxylic acids is 1. The molecule has 2 aromatic rings. The fraction of sp³-hybridized carbons (Fsp3) is 0. The van der Waals surface area contributed by atoms with Crippen LogP contribution in [0.25, 0.3) is 0 Å². The standard InChI is InChI=1S/C11H6BrFN2O/c12-8-2-1-4-15-10(8)11(16)7-3-5-14-6-9(7)13/h1-6H. The van der Waals surface area contributed by atoms with Gasteiger partial charge in [-0.1, -0.05) is 0 Å². The molecule has 0 aliphatic heterocycles. The Bertz CT molecular complexity index is 498. The van der Waals surface area contributed by atoms with Gasteiger partial charge in [0.1, 0.15) is 5.69 Å². The minimum absolute atomic E-state index is 0.0330. The molecule has 3 nitrogen and oxygen atoms in total. The van der Waals surface area contributed by atoms with Crippen LogP contribution < -0.4 is 0 Å². The quantitative estimate of drug-likeness (QED) is 0.795. The minimum atomic E-state index is -0.648. The highest BCUT2D eigenvalue weighted by Gasteiger charge is 2.17. The molecule has 0 atom stereocenters. The molecule has 16 heavy (non-hydrogen) atoms. The van der Waals surface area contributed by atoms with Crippen molar-refractivity contribution in [3.8, 4) is 0 Å². The summed E-state index contributed by atoms with van der Waals surface area (Å²) in [4.78, 5) is 19.4. The van der Waals surface area contributed by atoms with E-state index in [0.717, 1.165) is 6.20 Å². The SMILES string of the molecule is O=C(c1ccncc1F)c1ncccc1Br. The van der Waals surface area contributed by atoms with Gasteiger partial charge in [-0.25, -0.2) is 4.39 Å². The zero-order valence-corrected chi connectivity index (χ0v) is 9.61. The van der Waals surface area contributed by atoms with Gasteiger partial charge >= 0.3 is 0 Å². The molecule has 0 bridgehead atoms. The zero-order valence-electron chi connectivity index (χ0n) is 8.02. The number of halogens is 2. The Morgan fingerprint density at radius 3 is 2.81 bits per heavy atom. The summed E-state index contributed by atoms with van der Waals surface area (Å²) in [5, 5.41) is 0. The Hall–Kier alpha value is -1.62. The lowest BCUT2D eigenvalue weighted by Gasteiger charge is -2.02. The molecular formula is C11H6BrFN2O. The molecular weight excluding hydrogens is 275 g/mol. The fourth-order valence-electron chi connectivity index (χ4n) is 1.24. The maximum Gasteiger partial charge on any atom is 0.215 e. The lowest BCUT2D eigenvalue weighted by Crippen LogP contribution is -2.07. The van der Waals surface area contributed by atoms with Crippen LogP contribution in [0.4, 0.5) is 4.39 Å². The summed E-state index contributed by atoms with van der Waals surface area (Å²) in [6, 6.07) is 4.70. The monoisotopic (exact) mass is 280 g/mol. The molecule has 2 rings (SSSR count). The van der Waals surface area contributed by atoms with Crippen molar-refractivity contribution >= 4 is 21.7 Å². The Morgan fingerprint density at radius 2 is 2.12 bits per heavy atom. The van der Waals surface area contributed by atoms with E-state index >= 15 is 0 Å². The van der Waals surface area contributed by atoms with E-state index < -0.39 is 11.6 Å². The number of pyridine rings is 2. The summed E-state index contributed by atoms with van der Waals surface area (Å²) < 4.78 is 13.9. The first-order chi connectivity index (χ1) is 7.70. The molecule has 0 aliphatic carbocycles. The highest BCUT2D eigenvalue weighted by atomic mass is 79.9. The van der Waals surface area contributed by atoms with E-state index in [-0.39, 0.29) is 11.3 Å². The fourth-order valence-corrected chi connectivity index (χ4v) is 1.67. The molecule has 0 aromatic carbocycles. The molecule has 0 N–H and O–H groups in total. The van der Waals surface area contributed by atoms with Crippen LogP contribution in [-0.4, -0.2) is 15.8 Å². The molecule has 2 aromatic heterocycles. The smallest absolute Gasteiger partial charge is 0.215 e. The van der Waals surface area contributed by atoms with Gasteiger partial charge < -0.3 is 0 Å². The molecule has 0 saturated heterocycles. The highest BCUT2D eigenvalue weighted by Crippen LogP contribution is 2.18. The number of ketones is 1. The molecule has 0 spiro atoms. The topological polar surface area (TPSA) is 42.9 Å². The van der Waals surface area contributed by atoms with Crippen molar-refractivity contribution in [1.82, 2.24) is 9.97 Å². The molecule has 0 radical (unpaired) electrons. The van der Waals surface area contributed by atoms with Crippen molar-refractivity contribution in [1.29, 1.82) is 0 Å². The normalized spacial score (nSPS) is 10.1. The summed E-state index contributed by atoms with van der Waals surface area (Å²) in [6.45, 7) is 0. The van der Waals surface area contributed by atoms with Crippen molar-refractivity contribution in [3.63, 3.8) is 0 Å². The van der Waals surface area contributed by atoms with Crippen molar-refractivity contribution in [2.24, 2.45) is 0 Å². The molecule has 80 valence electrons. The second-order valence-electron chi connectivity index (χ2n) is 3.02. The lowest BCUT2D eigenvalue weighted by molar-refractivity contribution is 0.102. The van der Waals surface area contributed by atoms with E-state index in [1.165, 1.54) is 18.5 Å². The Labute approximate surface area is 99.5 Å². The van der Waals surface area contributed by atoms with Crippen LogP contribution in [0.1, 0.15) is 16.1 Å². The van der Waals surface area contributed by atoms with Crippen molar-refractivity contribution in [2.75, 3.05) is 0 Å². The van der Waals surface area contributed by atoms with Crippen LogP contribution in [0.3, 0.4) is 0 Å². The summed E-state index contributed by atoms with van der Waals surface area (Å²) in [6.07, 6.45) is 3.86. The first-order valence-electron chi connectivity index (χ1n) is 4.45. The van der Waals surface area contributed by atoms with E-state index in [0.29, 0.717) is 4.47 Å². The zero-order chi connectivity index (χ0) is 11.5. The average molecular weight is 281 g/mol. The van der Waals surface area contributed by atoms with Crippen molar-refractivity contribution < 1.29 is 9.18 Å². The third-order valence-electron chi connectivity index (χ3n) is 1.99. The van der Waals surface area contributed by atoms with Crippen LogP contribution in [0.5, 0.6) is 0 Å². The van der Waals surface area contributed by atoms with Gasteiger partial charge in [0.15, 0.2) is 5.82 Å². The van der Waals surface area contributed by atoms with E-state index in [2.05, 4.69) is 25.9 Å². The number of nitrogens with zero attached hydrogens (tertiary/aromatic N) is 2. The molecule has 0 aliphatic rings.